The number of hydrogen-bond acceptors (Lipinski definition) is 3. The first-order chi connectivity index (χ1) is 7.53. The lowest BCUT2D eigenvalue weighted by Gasteiger charge is -2.41. The van der Waals surface area contributed by atoms with Crippen LogP contribution in [0.15, 0.2) is 0 Å². The Morgan fingerprint density at radius 2 is 2.06 bits per heavy atom. The molecule has 0 aromatic carbocycles. The molecular formula is C11H21N3O2. The van der Waals surface area contributed by atoms with E-state index in [1.54, 1.807) is 14.1 Å². The van der Waals surface area contributed by atoms with Crippen LogP contribution in [-0.2, 0) is 9.59 Å². The molecule has 0 atom stereocenters. The number of carbonyl (C=O) groups is 2. The molecule has 0 aliphatic heterocycles. The van der Waals surface area contributed by atoms with Crippen LogP contribution >= 0.6 is 0 Å². The van der Waals surface area contributed by atoms with Crippen LogP contribution in [0, 0.1) is 5.41 Å². The fraction of sp³-hybridized carbons (Fsp3) is 0.818. The fourth-order valence-corrected chi connectivity index (χ4v) is 1.97. The van der Waals surface area contributed by atoms with Crippen LogP contribution in [-0.4, -0.2) is 43.9 Å². The second-order valence-electron chi connectivity index (χ2n) is 4.66. The van der Waals surface area contributed by atoms with Gasteiger partial charge in [-0.25, -0.2) is 0 Å². The van der Waals surface area contributed by atoms with Gasteiger partial charge in [0, 0.05) is 20.5 Å². The summed E-state index contributed by atoms with van der Waals surface area (Å²) in [6.45, 7) is 0.683. The van der Waals surface area contributed by atoms with Gasteiger partial charge in [-0.1, -0.05) is 6.42 Å². The molecule has 1 aliphatic carbocycles. The SMILES string of the molecule is CNC(=O)CN(C)C(=O)CC1(CN)CCC1. The Labute approximate surface area is 96.4 Å². The molecule has 0 bridgehead atoms. The van der Waals surface area contributed by atoms with Crippen LogP contribution in [0.25, 0.3) is 0 Å². The summed E-state index contributed by atoms with van der Waals surface area (Å²) in [6, 6.07) is 0. The van der Waals surface area contributed by atoms with Crippen molar-refractivity contribution in [2.24, 2.45) is 11.1 Å². The summed E-state index contributed by atoms with van der Waals surface area (Å²) in [4.78, 5) is 24.4. The molecule has 0 spiro atoms. The summed E-state index contributed by atoms with van der Waals surface area (Å²) < 4.78 is 0. The van der Waals surface area contributed by atoms with Crippen LogP contribution in [0.5, 0.6) is 0 Å². The largest absolute Gasteiger partial charge is 0.358 e. The summed E-state index contributed by atoms with van der Waals surface area (Å²) in [5, 5.41) is 2.50. The van der Waals surface area contributed by atoms with Gasteiger partial charge in [0.15, 0.2) is 0 Å². The molecule has 1 aliphatic rings. The number of nitrogens with two attached hydrogens (primary N) is 1. The summed E-state index contributed by atoms with van der Waals surface area (Å²) in [7, 11) is 3.22. The Kier molecular flexibility index (Phi) is 4.29. The molecule has 0 saturated heterocycles. The van der Waals surface area contributed by atoms with Crippen molar-refractivity contribution >= 4 is 11.8 Å². The van der Waals surface area contributed by atoms with Crippen molar-refractivity contribution in [2.45, 2.75) is 25.7 Å². The third kappa shape index (κ3) is 2.95. The van der Waals surface area contributed by atoms with Crippen molar-refractivity contribution in [3.8, 4) is 0 Å². The van der Waals surface area contributed by atoms with Crippen molar-refractivity contribution < 1.29 is 9.59 Å². The van der Waals surface area contributed by atoms with E-state index in [0.29, 0.717) is 13.0 Å². The molecule has 0 heterocycles. The minimum atomic E-state index is -0.147. The molecule has 2 amide bonds. The molecule has 1 fully saturated rings. The molecule has 5 heteroatoms. The lowest BCUT2D eigenvalue weighted by molar-refractivity contribution is -0.137. The Hall–Kier alpha value is -1.10. The third-order valence-corrected chi connectivity index (χ3v) is 3.46. The second-order valence-corrected chi connectivity index (χ2v) is 4.66. The third-order valence-electron chi connectivity index (χ3n) is 3.46. The predicted octanol–water partition coefficient (Wildman–Crippen LogP) is -0.290. The second kappa shape index (κ2) is 5.30. The lowest BCUT2D eigenvalue weighted by atomic mass is 9.66. The molecule has 1 rings (SSSR count). The zero-order valence-corrected chi connectivity index (χ0v) is 10.1. The van der Waals surface area contributed by atoms with E-state index in [9.17, 15) is 9.59 Å². The van der Waals surface area contributed by atoms with Gasteiger partial charge in [0.25, 0.3) is 0 Å². The van der Waals surface area contributed by atoms with Gasteiger partial charge < -0.3 is 16.0 Å². The van der Waals surface area contributed by atoms with Gasteiger partial charge in [-0.05, 0) is 24.8 Å². The highest BCUT2D eigenvalue weighted by atomic mass is 16.2. The maximum absolute atomic E-state index is 11.9. The topological polar surface area (TPSA) is 75.4 Å². The number of likely N-dealkylation sites (N-methyl/N-ethyl adjacent to an activating group) is 2. The zero-order chi connectivity index (χ0) is 12.2. The highest BCUT2D eigenvalue weighted by molar-refractivity contribution is 5.84. The van der Waals surface area contributed by atoms with Crippen LogP contribution in [0.2, 0.25) is 0 Å². The Morgan fingerprint density at radius 1 is 1.44 bits per heavy atom. The van der Waals surface area contributed by atoms with Gasteiger partial charge in [0.2, 0.25) is 11.8 Å². The molecule has 16 heavy (non-hydrogen) atoms. The summed E-state index contributed by atoms with van der Waals surface area (Å²) in [6.07, 6.45) is 3.69. The molecule has 0 aromatic rings. The number of carbonyl (C=O) groups excluding carboxylic acids is 2. The summed E-state index contributed by atoms with van der Waals surface area (Å²) in [5.74, 6) is -0.139. The van der Waals surface area contributed by atoms with E-state index in [2.05, 4.69) is 5.32 Å². The van der Waals surface area contributed by atoms with Gasteiger partial charge in [0.1, 0.15) is 0 Å². The number of nitrogens with one attached hydrogen (secondary N) is 1. The summed E-state index contributed by atoms with van der Waals surface area (Å²) in [5.41, 5.74) is 5.70. The molecule has 0 unspecified atom stereocenters. The zero-order valence-electron chi connectivity index (χ0n) is 10.1. The monoisotopic (exact) mass is 227 g/mol. The van der Waals surface area contributed by atoms with E-state index in [-0.39, 0.29) is 23.8 Å². The normalized spacial score (nSPS) is 17.4. The van der Waals surface area contributed by atoms with E-state index < -0.39 is 0 Å². The van der Waals surface area contributed by atoms with E-state index in [1.165, 1.54) is 4.90 Å². The molecule has 0 aromatic heterocycles. The van der Waals surface area contributed by atoms with Crippen molar-refractivity contribution in [3.63, 3.8) is 0 Å². The van der Waals surface area contributed by atoms with Crippen molar-refractivity contribution in [1.82, 2.24) is 10.2 Å². The van der Waals surface area contributed by atoms with Gasteiger partial charge in [-0.2, -0.15) is 0 Å². The molecule has 5 nitrogen and oxygen atoms in total. The highest BCUT2D eigenvalue weighted by Crippen LogP contribution is 2.43. The van der Waals surface area contributed by atoms with E-state index in [0.717, 1.165) is 19.3 Å². The van der Waals surface area contributed by atoms with Gasteiger partial charge in [-0.15, -0.1) is 0 Å². The predicted molar refractivity (Wildman–Crippen MR) is 61.7 cm³/mol. The van der Waals surface area contributed by atoms with Crippen LogP contribution in [0.3, 0.4) is 0 Å². The van der Waals surface area contributed by atoms with E-state index in [4.69, 9.17) is 5.73 Å². The number of amides is 2. The quantitative estimate of drug-likeness (QED) is 0.677. The fourth-order valence-electron chi connectivity index (χ4n) is 1.97. The van der Waals surface area contributed by atoms with Crippen LogP contribution in [0.1, 0.15) is 25.7 Å². The van der Waals surface area contributed by atoms with Crippen LogP contribution in [0.4, 0.5) is 0 Å². The Bertz CT molecular complexity index is 269. The Morgan fingerprint density at radius 3 is 2.44 bits per heavy atom. The molecule has 0 radical (unpaired) electrons. The van der Waals surface area contributed by atoms with Crippen molar-refractivity contribution in [3.05, 3.63) is 0 Å². The average molecular weight is 227 g/mol. The van der Waals surface area contributed by atoms with Crippen molar-refractivity contribution in [1.29, 1.82) is 0 Å². The maximum Gasteiger partial charge on any atom is 0.239 e. The first-order valence-electron chi connectivity index (χ1n) is 5.67. The molecule has 1 saturated carbocycles. The Balaban J connectivity index is 2.42. The molecule has 3 N–H and O–H groups in total. The van der Waals surface area contributed by atoms with Gasteiger partial charge in [0.05, 0.1) is 6.54 Å². The van der Waals surface area contributed by atoms with Gasteiger partial charge in [-0.3, -0.25) is 9.59 Å². The van der Waals surface area contributed by atoms with Crippen molar-refractivity contribution in [2.75, 3.05) is 27.2 Å². The maximum atomic E-state index is 11.9. The smallest absolute Gasteiger partial charge is 0.239 e. The standard InChI is InChI=1S/C11H21N3O2/c1-13-9(15)7-14(2)10(16)6-11(8-12)4-3-5-11/h3-8,12H2,1-2H3,(H,13,15). The number of hydrogen-bond donors (Lipinski definition) is 2. The number of nitrogens with zero attached hydrogens (tertiary/aromatic N) is 1. The minimum absolute atomic E-state index is 0.00797. The van der Waals surface area contributed by atoms with Gasteiger partial charge >= 0.3 is 0 Å². The first-order valence-corrected chi connectivity index (χ1v) is 5.67. The van der Waals surface area contributed by atoms with Crippen LogP contribution < -0.4 is 11.1 Å². The summed E-state index contributed by atoms with van der Waals surface area (Å²) >= 11 is 0. The molecular weight excluding hydrogens is 206 g/mol. The number of rotatable bonds is 5. The average Bonchev–Trinajstić information content (AvgIpc) is 2.22. The lowest BCUT2D eigenvalue weighted by Crippen LogP contribution is -2.44. The van der Waals surface area contributed by atoms with E-state index >= 15 is 0 Å². The first kappa shape index (κ1) is 13.0. The minimum Gasteiger partial charge on any atom is -0.358 e. The van der Waals surface area contributed by atoms with E-state index in [1.807, 2.05) is 0 Å². The highest BCUT2D eigenvalue weighted by Gasteiger charge is 2.38. The molecule has 92 valence electrons.